The lowest BCUT2D eigenvalue weighted by atomic mass is 9.99. The molecule has 0 aliphatic rings. The van der Waals surface area contributed by atoms with Crippen molar-refractivity contribution in [1.29, 1.82) is 0 Å². The van der Waals surface area contributed by atoms with Crippen LogP contribution in [-0.4, -0.2) is 16.1 Å². The maximum Gasteiger partial charge on any atom is 0.0946 e. The fourth-order valence-corrected chi connectivity index (χ4v) is 1.92. The first-order chi connectivity index (χ1) is 7.79. The van der Waals surface area contributed by atoms with Crippen LogP contribution in [0.3, 0.4) is 0 Å². The van der Waals surface area contributed by atoms with E-state index < -0.39 is 0 Å². The second kappa shape index (κ2) is 5.14. The second-order valence-electron chi connectivity index (χ2n) is 3.75. The van der Waals surface area contributed by atoms with Gasteiger partial charge in [-0.2, -0.15) is 0 Å². The standard InChI is InChI=1S/C12H14ClN3/c13-12-3-1-2-10(6-12)11(7-14)8-16-5-4-15-9-16/h1-6,9,11H,7-8,14H2. The van der Waals surface area contributed by atoms with Crippen LogP contribution in [0.4, 0.5) is 0 Å². The summed E-state index contributed by atoms with van der Waals surface area (Å²) in [6.45, 7) is 1.43. The number of rotatable bonds is 4. The van der Waals surface area contributed by atoms with Gasteiger partial charge >= 0.3 is 0 Å². The predicted molar refractivity (Wildman–Crippen MR) is 65.5 cm³/mol. The Kier molecular flexibility index (Phi) is 3.59. The Balaban J connectivity index is 2.16. The van der Waals surface area contributed by atoms with E-state index in [1.165, 1.54) is 5.56 Å². The number of hydrogen-bond donors (Lipinski definition) is 1. The molecule has 2 N–H and O–H groups in total. The number of nitrogens with zero attached hydrogens (tertiary/aromatic N) is 2. The highest BCUT2D eigenvalue weighted by Gasteiger charge is 2.10. The Morgan fingerprint density at radius 2 is 2.31 bits per heavy atom. The van der Waals surface area contributed by atoms with Crippen LogP contribution in [0.2, 0.25) is 5.02 Å². The molecule has 0 saturated heterocycles. The van der Waals surface area contributed by atoms with Crippen molar-refractivity contribution in [2.75, 3.05) is 6.54 Å². The van der Waals surface area contributed by atoms with Crippen molar-refractivity contribution in [2.24, 2.45) is 5.73 Å². The molecule has 2 rings (SSSR count). The minimum Gasteiger partial charge on any atom is -0.337 e. The van der Waals surface area contributed by atoms with E-state index in [0.717, 1.165) is 11.6 Å². The fourth-order valence-electron chi connectivity index (χ4n) is 1.73. The maximum atomic E-state index is 5.97. The number of hydrogen-bond acceptors (Lipinski definition) is 2. The number of benzene rings is 1. The molecule has 0 fully saturated rings. The second-order valence-corrected chi connectivity index (χ2v) is 4.18. The van der Waals surface area contributed by atoms with E-state index in [9.17, 15) is 0 Å². The zero-order chi connectivity index (χ0) is 11.4. The number of imidazole rings is 1. The van der Waals surface area contributed by atoms with E-state index in [1.807, 2.05) is 29.0 Å². The molecule has 0 saturated carbocycles. The van der Waals surface area contributed by atoms with Crippen LogP contribution >= 0.6 is 11.6 Å². The summed E-state index contributed by atoms with van der Waals surface area (Å²) < 4.78 is 2.03. The van der Waals surface area contributed by atoms with Gasteiger partial charge in [0, 0.05) is 36.4 Å². The molecule has 1 heterocycles. The van der Waals surface area contributed by atoms with Crippen molar-refractivity contribution in [2.45, 2.75) is 12.5 Å². The first kappa shape index (κ1) is 11.2. The highest BCUT2D eigenvalue weighted by Crippen LogP contribution is 2.20. The van der Waals surface area contributed by atoms with E-state index in [0.29, 0.717) is 6.54 Å². The number of halogens is 1. The number of nitrogens with two attached hydrogens (primary N) is 1. The summed E-state index contributed by atoms with van der Waals surface area (Å²) in [5, 5.41) is 0.751. The molecule has 0 bridgehead atoms. The van der Waals surface area contributed by atoms with Crippen molar-refractivity contribution in [1.82, 2.24) is 9.55 Å². The summed E-state index contributed by atoms with van der Waals surface area (Å²) in [6, 6.07) is 7.85. The summed E-state index contributed by atoms with van der Waals surface area (Å²) in [6.07, 6.45) is 5.51. The van der Waals surface area contributed by atoms with Crippen molar-refractivity contribution in [3.63, 3.8) is 0 Å². The van der Waals surface area contributed by atoms with Crippen molar-refractivity contribution >= 4 is 11.6 Å². The first-order valence-corrected chi connectivity index (χ1v) is 5.58. The predicted octanol–water partition coefficient (Wildman–Crippen LogP) is 2.28. The SMILES string of the molecule is NCC(Cn1ccnc1)c1cccc(Cl)c1. The van der Waals surface area contributed by atoms with Crippen molar-refractivity contribution < 1.29 is 0 Å². The van der Waals surface area contributed by atoms with E-state index in [1.54, 1.807) is 12.5 Å². The van der Waals surface area contributed by atoms with E-state index in [2.05, 4.69) is 11.1 Å². The molecule has 0 amide bonds. The van der Waals surface area contributed by atoms with Crippen molar-refractivity contribution in [3.05, 3.63) is 53.6 Å². The highest BCUT2D eigenvalue weighted by molar-refractivity contribution is 6.30. The van der Waals surface area contributed by atoms with Gasteiger partial charge in [0.2, 0.25) is 0 Å². The van der Waals surface area contributed by atoms with Gasteiger partial charge in [-0.15, -0.1) is 0 Å². The van der Waals surface area contributed by atoms with Gasteiger partial charge in [-0.3, -0.25) is 0 Å². The molecule has 84 valence electrons. The Hall–Kier alpha value is -1.32. The van der Waals surface area contributed by atoms with Crippen LogP contribution in [0.5, 0.6) is 0 Å². The van der Waals surface area contributed by atoms with Crippen LogP contribution in [0.1, 0.15) is 11.5 Å². The lowest BCUT2D eigenvalue weighted by Crippen LogP contribution is -2.17. The van der Waals surface area contributed by atoms with Gasteiger partial charge in [0.25, 0.3) is 0 Å². The van der Waals surface area contributed by atoms with Crippen LogP contribution in [-0.2, 0) is 6.54 Å². The molecule has 0 aliphatic carbocycles. The van der Waals surface area contributed by atoms with Crippen LogP contribution in [0, 0.1) is 0 Å². The number of aromatic nitrogens is 2. The molecule has 0 spiro atoms. The molecule has 0 radical (unpaired) electrons. The average Bonchev–Trinajstić information content (AvgIpc) is 2.78. The molecule has 16 heavy (non-hydrogen) atoms. The Morgan fingerprint density at radius 1 is 1.44 bits per heavy atom. The Morgan fingerprint density at radius 3 is 2.94 bits per heavy atom. The normalized spacial score (nSPS) is 12.6. The van der Waals surface area contributed by atoms with Crippen LogP contribution in [0.25, 0.3) is 0 Å². The lowest BCUT2D eigenvalue weighted by molar-refractivity contribution is 0.566. The monoisotopic (exact) mass is 235 g/mol. The van der Waals surface area contributed by atoms with Crippen LogP contribution < -0.4 is 5.73 Å². The third kappa shape index (κ3) is 2.62. The van der Waals surface area contributed by atoms with E-state index in [-0.39, 0.29) is 5.92 Å². The summed E-state index contributed by atoms with van der Waals surface area (Å²) in [5.74, 6) is 0.271. The average molecular weight is 236 g/mol. The molecule has 1 aromatic heterocycles. The van der Waals surface area contributed by atoms with Gasteiger partial charge in [-0.1, -0.05) is 23.7 Å². The molecule has 2 aromatic rings. The van der Waals surface area contributed by atoms with E-state index >= 15 is 0 Å². The smallest absolute Gasteiger partial charge is 0.0946 e. The van der Waals surface area contributed by atoms with Crippen LogP contribution in [0.15, 0.2) is 43.0 Å². The summed E-state index contributed by atoms with van der Waals surface area (Å²) in [4.78, 5) is 4.02. The van der Waals surface area contributed by atoms with Gasteiger partial charge < -0.3 is 10.3 Å². The zero-order valence-electron chi connectivity index (χ0n) is 8.88. The molecular weight excluding hydrogens is 222 g/mol. The molecule has 4 heteroatoms. The van der Waals surface area contributed by atoms with Gasteiger partial charge in [-0.25, -0.2) is 4.98 Å². The Labute approximate surface area is 99.9 Å². The minimum atomic E-state index is 0.271. The quantitative estimate of drug-likeness (QED) is 0.884. The molecule has 1 aromatic carbocycles. The topological polar surface area (TPSA) is 43.8 Å². The van der Waals surface area contributed by atoms with Gasteiger partial charge in [-0.05, 0) is 17.7 Å². The molecular formula is C12H14ClN3. The fraction of sp³-hybridized carbons (Fsp3) is 0.250. The Bertz CT molecular complexity index is 439. The summed E-state index contributed by atoms with van der Waals surface area (Å²) >= 11 is 5.97. The lowest BCUT2D eigenvalue weighted by Gasteiger charge is -2.15. The molecule has 1 unspecified atom stereocenters. The highest BCUT2D eigenvalue weighted by atomic mass is 35.5. The zero-order valence-corrected chi connectivity index (χ0v) is 9.64. The van der Waals surface area contributed by atoms with E-state index in [4.69, 9.17) is 17.3 Å². The molecule has 1 atom stereocenters. The largest absolute Gasteiger partial charge is 0.337 e. The van der Waals surface area contributed by atoms with Gasteiger partial charge in [0.05, 0.1) is 6.33 Å². The molecule has 0 aliphatic heterocycles. The molecule has 3 nitrogen and oxygen atoms in total. The van der Waals surface area contributed by atoms with Gasteiger partial charge in [0.15, 0.2) is 0 Å². The third-order valence-electron chi connectivity index (χ3n) is 2.59. The minimum absolute atomic E-state index is 0.271. The third-order valence-corrected chi connectivity index (χ3v) is 2.83. The van der Waals surface area contributed by atoms with Gasteiger partial charge in [0.1, 0.15) is 0 Å². The maximum absolute atomic E-state index is 5.97. The first-order valence-electron chi connectivity index (χ1n) is 5.21. The summed E-state index contributed by atoms with van der Waals surface area (Å²) in [5.41, 5.74) is 6.96. The summed E-state index contributed by atoms with van der Waals surface area (Å²) in [7, 11) is 0. The van der Waals surface area contributed by atoms with Crippen molar-refractivity contribution in [3.8, 4) is 0 Å².